The first kappa shape index (κ1) is 15.5. The summed E-state index contributed by atoms with van der Waals surface area (Å²) in [6.07, 6.45) is 1.04. The first-order valence-corrected chi connectivity index (χ1v) is 7.92. The molecule has 1 atom stereocenters. The summed E-state index contributed by atoms with van der Waals surface area (Å²) < 4.78 is 0. The second-order valence-electron chi connectivity index (χ2n) is 4.84. The molecule has 0 saturated heterocycles. The number of hydrogen-bond acceptors (Lipinski definition) is 4. The van der Waals surface area contributed by atoms with Crippen LogP contribution in [0.4, 0.5) is 0 Å². The van der Waals surface area contributed by atoms with E-state index in [1.54, 1.807) is 11.3 Å². The number of oxime groups is 1. The van der Waals surface area contributed by atoms with Gasteiger partial charge in [0.2, 0.25) is 0 Å². The lowest BCUT2D eigenvalue weighted by Gasteiger charge is -2.16. The molecule has 112 valence electrons. The van der Waals surface area contributed by atoms with Crippen molar-refractivity contribution in [1.82, 2.24) is 5.32 Å². The molecule has 2 aromatic rings. The molecule has 0 aliphatic heterocycles. The van der Waals surface area contributed by atoms with E-state index in [2.05, 4.69) is 28.8 Å². The highest BCUT2D eigenvalue weighted by Gasteiger charge is 2.16. The SMILES string of the molecule is CCc1ccsc1CNCC(/C(N)=N/O)c1ccccc1. The first-order valence-electron chi connectivity index (χ1n) is 7.04. The summed E-state index contributed by atoms with van der Waals surface area (Å²) in [7, 11) is 0. The van der Waals surface area contributed by atoms with Gasteiger partial charge >= 0.3 is 0 Å². The monoisotopic (exact) mass is 303 g/mol. The normalized spacial score (nSPS) is 13.3. The van der Waals surface area contributed by atoms with Crippen LogP contribution in [-0.2, 0) is 13.0 Å². The third kappa shape index (κ3) is 4.06. The summed E-state index contributed by atoms with van der Waals surface area (Å²) in [5, 5.41) is 17.7. The molecule has 0 fully saturated rings. The van der Waals surface area contributed by atoms with E-state index >= 15 is 0 Å². The fourth-order valence-electron chi connectivity index (χ4n) is 2.32. The third-order valence-electron chi connectivity index (χ3n) is 3.53. The van der Waals surface area contributed by atoms with Gasteiger partial charge in [-0.25, -0.2) is 0 Å². The lowest BCUT2D eigenvalue weighted by atomic mass is 9.98. The second kappa shape index (κ2) is 7.81. The van der Waals surface area contributed by atoms with Crippen molar-refractivity contribution >= 4 is 17.2 Å². The Morgan fingerprint density at radius 3 is 2.76 bits per heavy atom. The number of nitrogens with one attached hydrogen (secondary N) is 1. The minimum Gasteiger partial charge on any atom is -0.409 e. The van der Waals surface area contributed by atoms with Gasteiger partial charge in [0.25, 0.3) is 0 Å². The van der Waals surface area contributed by atoms with Crippen molar-refractivity contribution < 1.29 is 5.21 Å². The molecule has 0 radical (unpaired) electrons. The zero-order valence-corrected chi connectivity index (χ0v) is 12.9. The lowest BCUT2D eigenvalue weighted by Crippen LogP contribution is -2.31. The van der Waals surface area contributed by atoms with E-state index in [1.807, 2.05) is 30.3 Å². The van der Waals surface area contributed by atoms with Gasteiger partial charge in [-0.1, -0.05) is 42.4 Å². The molecule has 1 unspecified atom stereocenters. The smallest absolute Gasteiger partial charge is 0.147 e. The third-order valence-corrected chi connectivity index (χ3v) is 4.49. The van der Waals surface area contributed by atoms with Crippen molar-refractivity contribution in [3.63, 3.8) is 0 Å². The molecule has 4 nitrogen and oxygen atoms in total. The fourth-order valence-corrected chi connectivity index (χ4v) is 3.26. The topological polar surface area (TPSA) is 70.6 Å². The molecule has 4 N–H and O–H groups in total. The number of amidine groups is 1. The maximum absolute atomic E-state index is 8.97. The minimum absolute atomic E-state index is 0.124. The number of nitrogens with zero attached hydrogens (tertiary/aromatic N) is 1. The second-order valence-corrected chi connectivity index (χ2v) is 5.84. The van der Waals surface area contributed by atoms with Crippen LogP contribution in [0, 0.1) is 0 Å². The van der Waals surface area contributed by atoms with Gasteiger partial charge in [-0.3, -0.25) is 0 Å². The number of nitrogens with two attached hydrogens (primary N) is 1. The van der Waals surface area contributed by atoms with E-state index in [4.69, 9.17) is 10.9 Å². The van der Waals surface area contributed by atoms with Crippen LogP contribution in [0.1, 0.15) is 28.8 Å². The van der Waals surface area contributed by atoms with Gasteiger partial charge in [-0.05, 0) is 29.0 Å². The molecule has 21 heavy (non-hydrogen) atoms. The molecule has 0 saturated carbocycles. The molecule has 0 bridgehead atoms. The van der Waals surface area contributed by atoms with Crippen LogP contribution in [0.2, 0.25) is 0 Å². The molecule has 1 aromatic heterocycles. The van der Waals surface area contributed by atoms with Gasteiger partial charge in [0.15, 0.2) is 0 Å². The highest BCUT2D eigenvalue weighted by molar-refractivity contribution is 7.10. The lowest BCUT2D eigenvalue weighted by molar-refractivity contribution is 0.315. The molecule has 1 aromatic carbocycles. The summed E-state index contributed by atoms with van der Waals surface area (Å²) in [5.41, 5.74) is 8.25. The maximum Gasteiger partial charge on any atom is 0.147 e. The van der Waals surface area contributed by atoms with Crippen LogP contribution in [0.3, 0.4) is 0 Å². The van der Waals surface area contributed by atoms with Crippen molar-refractivity contribution in [2.24, 2.45) is 10.9 Å². The van der Waals surface area contributed by atoms with E-state index in [1.165, 1.54) is 10.4 Å². The molecule has 5 heteroatoms. The summed E-state index contributed by atoms with van der Waals surface area (Å²) in [5.74, 6) is 0.108. The Morgan fingerprint density at radius 2 is 2.10 bits per heavy atom. The van der Waals surface area contributed by atoms with Crippen molar-refractivity contribution in [3.05, 3.63) is 57.8 Å². The molecule has 0 amide bonds. The zero-order chi connectivity index (χ0) is 15.1. The van der Waals surface area contributed by atoms with Gasteiger partial charge in [0, 0.05) is 18.0 Å². The van der Waals surface area contributed by atoms with Crippen LogP contribution in [-0.4, -0.2) is 17.6 Å². The number of rotatable bonds is 7. The van der Waals surface area contributed by atoms with Crippen LogP contribution < -0.4 is 11.1 Å². The Hall–Kier alpha value is -1.85. The number of thiophene rings is 1. The standard InChI is InChI=1S/C16H21N3OS/c1-2-12-8-9-21-15(12)11-18-10-14(16(17)19-20)13-6-4-3-5-7-13/h3-9,14,18,20H,2,10-11H2,1H3,(H2,17,19). The van der Waals surface area contributed by atoms with E-state index in [9.17, 15) is 0 Å². The molecule has 0 aliphatic carbocycles. The van der Waals surface area contributed by atoms with E-state index in [0.717, 1.165) is 18.5 Å². The first-order chi connectivity index (χ1) is 10.3. The Labute approximate surface area is 129 Å². The highest BCUT2D eigenvalue weighted by atomic mass is 32.1. The van der Waals surface area contributed by atoms with E-state index in [-0.39, 0.29) is 11.8 Å². The quantitative estimate of drug-likeness (QED) is 0.319. The molecule has 1 heterocycles. The van der Waals surface area contributed by atoms with Crippen LogP contribution in [0.15, 0.2) is 46.9 Å². The summed E-state index contributed by atoms with van der Waals surface area (Å²) in [6.45, 7) is 3.61. The molecule has 2 rings (SSSR count). The van der Waals surface area contributed by atoms with Crippen molar-refractivity contribution in [1.29, 1.82) is 0 Å². The van der Waals surface area contributed by atoms with Gasteiger partial charge in [-0.15, -0.1) is 11.3 Å². The largest absolute Gasteiger partial charge is 0.409 e. The molecular formula is C16H21N3OS. The average Bonchev–Trinajstić information content (AvgIpc) is 2.99. The van der Waals surface area contributed by atoms with E-state index < -0.39 is 0 Å². The van der Waals surface area contributed by atoms with Gasteiger partial charge in [0.05, 0.1) is 5.92 Å². The average molecular weight is 303 g/mol. The Balaban J connectivity index is 2.00. The summed E-state index contributed by atoms with van der Waals surface area (Å²) in [4.78, 5) is 1.35. The van der Waals surface area contributed by atoms with Crippen molar-refractivity contribution in [2.75, 3.05) is 6.54 Å². The predicted octanol–water partition coefficient (Wildman–Crippen LogP) is 2.93. The Kier molecular flexibility index (Phi) is 5.78. The Morgan fingerprint density at radius 1 is 1.33 bits per heavy atom. The maximum atomic E-state index is 8.97. The van der Waals surface area contributed by atoms with Crippen LogP contribution in [0.25, 0.3) is 0 Å². The number of aryl methyl sites for hydroxylation is 1. The highest BCUT2D eigenvalue weighted by Crippen LogP contribution is 2.18. The minimum atomic E-state index is -0.124. The zero-order valence-electron chi connectivity index (χ0n) is 12.1. The molecule has 0 aliphatic rings. The van der Waals surface area contributed by atoms with Gasteiger partial charge in [-0.2, -0.15) is 0 Å². The van der Waals surface area contributed by atoms with Crippen molar-refractivity contribution in [2.45, 2.75) is 25.8 Å². The Bertz CT molecular complexity index is 580. The van der Waals surface area contributed by atoms with E-state index in [0.29, 0.717) is 6.54 Å². The number of benzene rings is 1. The predicted molar refractivity (Wildman–Crippen MR) is 88.0 cm³/mol. The summed E-state index contributed by atoms with van der Waals surface area (Å²) in [6, 6.07) is 12.0. The summed E-state index contributed by atoms with van der Waals surface area (Å²) >= 11 is 1.76. The molecule has 0 spiro atoms. The number of hydrogen-bond donors (Lipinski definition) is 3. The van der Waals surface area contributed by atoms with Crippen molar-refractivity contribution in [3.8, 4) is 0 Å². The molecular weight excluding hydrogens is 282 g/mol. The van der Waals surface area contributed by atoms with Gasteiger partial charge in [0.1, 0.15) is 5.84 Å². The van der Waals surface area contributed by atoms with Crippen LogP contribution >= 0.6 is 11.3 Å². The fraction of sp³-hybridized carbons (Fsp3) is 0.312. The van der Waals surface area contributed by atoms with Gasteiger partial charge < -0.3 is 16.3 Å². The van der Waals surface area contributed by atoms with Crippen LogP contribution in [0.5, 0.6) is 0 Å².